The smallest absolute Gasteiger partial charge is 0.283 e. The lowest BCUT2D eigenvalue weighted by Crippen LogP contribution is -2.41. The summed E-state index contributed by atoms with van der Waals surface area (Å²) in [4.78, 5) is 0. The molecule has 0 spiro atoms. The molecule has 1 aliphatic heterocycles. The fraction of sp³-hybridized carbons (Fsp3) is 1.00. The zero-order valence-corrected chi connectivity index (χ0v) is 18.3. The minimum Gasteiger partial charge on any atom is -0.379 e. The van der Waals surface area contributed by atoms with Crippen LogP contribution in [0.25, 0.3) is 0 Å². The molecule has 0 N–H and O–H groups in total. The van der Waals surface area contributed by atoms with Gasteiger partial charge in [0.05, 0.1) is 13.2 Å². The average Bonchev–Trinajstić information content (AvgIpc) is 3.46. The minimum atomic E-state index is -0.894. The van der Waals surface area contributed by atoms with Gasteiger partial charge in [0.1, 0.15) is 6.10 Å². The molecule has 0 aromatic carbocycles. The Bertz CT molecular complexity index is 316. The number of ether oxygens (including phenoxy) is 5. The van der Waals surface area contributed by atoms with Crippen LogP contribution in [0, 0.1) is 5.92 Å². The number of hydrogen-bond donors (Lipinski definition) is 0. The Morgan fingerprint density at radius 3 is 2.00 bits per heavy atom. The highest BCUT2D eigenvalue weighted by molar-refractivity contribution is 4.70. The average molecular weight is 389 g/mol. The van der Waals surface area contributed by atoms with E-state index < -0.39 is 5.97 Å². The first-order valence-electron chi connectivity index (χ1n) is 11.3. The van der Waals surface area contributed by atoms with Crippen LogP contribution in [-0.4, -0.2) is 51.7 Å². The van der Waals surface area contributed by atoms with E-state index in [9.17, 15) is 0 Å². The van der Waals surface area contributed by atoms with Crippen molar-refractivity contribution in [2.24, 2.45) is 5.92 Å². The maximum atomic E-state index is 5.96. The van der Waals surface area contributed by atoms with Crippen molar-refractivity contribution in [2.75, 3.05) is 39.6 Å². The van der Waals surface area contributed by atoms with Gasteiger partial charge in [0.15, 0.2) is 0 Å². The molecule has 27 heavy (non-hydrogen) atoms. The normalized spacial score (nSPS) is 18.0. The Morgan fingerprint density at radius 1 is 0.852 bits per heavy atom. The Hall–Kier alpha value is -0.200. The summed E-state index contributed by atoms with van der Waals surface area (Å²) >= 11 is 0. The van der Waals surface area contributed by atoms with Crippen LogP contribution in [0.15, 0.2) is 0 Å². The molecule has 2 unspecified atom stereocenters. The summed E-state index contributed by atoms with van der Waals surface area (Å²) in [5, 5.41) is 0. The summed E-state index contributed by atoms with van der Waals surface area (Å²) in [6.07, 6.45) is 11.1. The van der Waals surface area contributed by atoms with Crippen LogP contribution in [0.1, 0.15) is 85.5 Å². The fourth-order valence-corrected chi connectivity index (χ4v) is 3.55. The summed E-state index contributed by atoms with van der Waals surface area (Å²) in [6.45, 7) is 12.4. The molecular formula is C22H44O5. The molecule has 0 radical (unpaired) electrons. The van der Waals surface area contributed by atoms with Crippen LogP contribution < -0.4 is 0 Å². The zero-order valence-electron chi connectivity index (χ0n) is 18.3. The van der Waals surface area contributed by atoms with Crippen LogP contribution in [0.4, 0.5) is 0 Å². The van der Waals surface area contributed by atoms with Gasteiger partial charge >= 0.3 is 0 Å². The van der Waals surface area contributed by atoms with Crippen LogP contribution in [-0.2, 0) is 23.7 Å². The molecule has 0 bridgehead atoms. The first kappa shape index (κ1) is 24.8. The standard InChI is InChI=1S/C22H44O5/c1-5-9-10-11-12-14-20(15-13-16-23-18-21-19-24-21)17-22(25-6-2,26-7-3)27-8-4/h20-21H,5-19H2,1-4H3. The lowest BCUT2D eigenvalue weighted by Gasteiger charge is -2.35. The molecule has 1 heterocycles. The van der Waals surface area contributed by atoms with Gasteiger partial charge in [-0.05, 0) is 39.5 Å². The van der Waals surface area contributed by atoms with E-state index in [1.54, 1.807) is 0 Å². The zero-order chi connectivity index (χ0) is 19.8. The van der Waals surface area contributed by atoms with Crippen LogP contribution in [0.2, 0.25) is 0 Å². The second kappa shape index (κ2) is 15.7. The molecule has 162 valence electrons. The predicted octanol–water partition coefficient (Wildman–Crippen LogP) is 5.31. The molecule has 1 rings (SSSR count). The van der Waals surface area contributed by atoms with Crippen molar-refractivity contribution in [1.29, 1.82) is 0 Å². The second-order valence-corrected chi connectivity index (χ2v) is 7.43. The maximum Gasteiger partial charge on any atom is 0.283 e. The van der Waals surface area contributed by atoms with Gasteiger partial charge in [-0.3, -0.25) is 0 Å². The SMILES string of the molecule is CCCCCCCC(CCCOCC1CO1)CC(OCC)(OCC)OCC. The summed E-state index contributed by atoms with van der Waals surface area (Å²) in [5.41, 5.74) is 0. The lowest BCUT2D eigenvalue weighted by atomic mass is 9.91. The van der Waals surface area contributed by atoms with Crippen LogP contribution in [0.3, 0.4) is 0 Å². The predicted molar refractivity (Wildman–Crippen MR) is 109 cm³/mol. The van der Waals surface area contributed by atoms with Gasteiger partial charge in [-0.15, -0.1) is 0 Å². The molecule has 5 nitrogen and oxygen atoms in total. The Kier molecular flexibility index (Phi) is 14.4. The van der Waals surface area contributed by atoms with Crippen molar-refractivity contribution in [3.05, 3.63) is 0 Å². The van der Waals surface area contributed by atoms with E-state index in [1.807, 2.05) is 20.8 Å². The number of rotatable bonds is 20. The van der Waals surface area contributed by atoms with Crippen LogP contribution in [0.5, 0.6) is 0 Å². The molecule has 0 aliphatic carbocycles. The highest BCUT2D eigenvalue weighted by atomic mass is 16.9. The molecule has 1 saturated heterocycles. The molecule has 0 aromatic rings. The summed E-state index contributed by atoms with van der Waals surface area (Å²) in [7, 11) is 0. The highest BCUT2D eigenvalue weighted by Gasteiger charge is 2.35. The second-order valence-electron chi connectivity index (χ2n) is 7.43. The van der Waals surface area contributed by atoms with Gasteiger partial charge in [0.2, 0.25) is 0 Å². The Morgan fingerprint density at radius 2 is 1.44 bits per heavy atom. The van der Waals surface area contributed by atoms with Gasteiger partial charge < -0.3 is 23.7 Å². The third-order valence-corrected chi connectivity index (χ3v) is 4.95. The summed E-state index contributed by atoms with van der Waals surface area (Å²) in [6, 6.07) is 0. The van der Waals surface area contributed by atoms with Crippen molar-refractivity contribution in [1.82, 2.24) is 0 Å². The maximum absolute atomic E-state index is 5.96. The van der Waals surface area contributed by atoms with Gasteiger partial charge in [0.25, 0.3) is 5.97 Å². The largest absolute Gasteiger partial charge is 0.379 e. The molecule has 0 amide bonds. The van der Waals surface area contributed by atoms with Crippen molar-refractivity contribution >= 4 is 0 Å². The van der Waals surface area contributed by atoms with E-state index in [0.717, 1.165) is 39.1 Å². The number of epoxide rings is 1. The molecule has 0 aromatic heterocycles. The molecule has 1 fully saturated rings. The van der Waals surface area contributed by atoms with E-state index in [0.29, 0.717) is 31.8 Å². The topological polar surface area (TPSA) is 49.5 Å². The highest BCUT2D eigenvalue weighted by Crippen LogP contribution is 2.31. The van der Waals surface area contributed by atoms with Crippen molar-refractivity contribution < 1.29 is 23.7 Å². The van der Waals surface area contributed by atoms with Crippen molar-refractivity contribution in [2.45, 2.75) is 97.6 Å². The quantitative estimate of drug-likeness (QED) is 0.161. The number of unbranched alkanes of at least 4 members (excludes halogenated alkanes) is 4. The third-order valence-electron chi connectivity index (χ3n) is 4.95. The van der Waals surface area contributed by atoms with Crippen molar-refractivity contribution in [3.8, 4) is 0 Å². The lowest BCUT2D eigenvalue weighted by molar-refractivity contribution is -0.384. The first-order valence-corrected chi connectivity index (χ1v) is 11.3. The van der Waals surface area contributed by atoms with Gasteiger partial charge in [0, 0.05) is 32.8 Å². The molecular weight excluding hydrogens is 344 g/mol. The van der Waals surface area contributed by atoms with E-state index in [4.69, 9.17) is 23.7 Å². The molecule has 1 aliphatic rings. The Balaban J connectivity index is 2.49. The van der Waals surface area contributed by atoms with E-state index >= 15 is 0 Å². The first-order chi connectivity index (χ1) is 13.2. The summed E-state index contributed by atoms with van der Waals surface area (Å²) < 4.78 is 28.8. The fourth-order valence-electron chi connectivity index (χ4n) is 3.55. The summed E-state index contributed by atoms with van der Waals surface area (Å²) in [5.74, 6) is -0.369. The van der Waals surface area contributed by atoms with Crippen LogP contribution >= 0.6 is 0 Å². The van der Waals surface area contributed by atoms with Gasteiger partial charge in [-0.1, -0.05) is 45.4 Å². The van der Waals surface area contributed by atoms with Crippen molar-refractivity contribution in [3.63, 3.8) is 0 Å². The third kappa shape index (κ3) is 12.1. The van der Waals surface area contributed by atoms with Gasteiger partial charge in [-0.2, -0.15) is 0 Å². The molecule has 0 saturated carbocycles. The minimum absolute atomic E-state index is 0.348. The van der Waals surface area contributed by atoms with Gasteiger partial charge in [-0.25, -0.2) is 0 Å². The number of hydrogen-bond acceptors (Lipinski definition) is 5. The Labute approximate surface area is 167 Å². The monoisotopic (exact) mass is 388 g/mol. The molecule has 5 heteroatoms. The molecule has 2 atom stereocenters. The van der Waals surface area contributed by atoms with E-state index in [2.05, 4.69) is 6.92 Å². The van der Waals surface area contributed by atoms with E-state index in [1.165, 1.54) is 38.5 Å². The van der Waals surface area contributed by atoms with E-state index in [-0.39, 0.29) is 0 Å².